The van der Waals surface area contributed by atoms with Crippen molar-refractivity contribution in [3.8, 4) is 0 Å². The van der Waals surface area contributed by atoms with E-state index in [1.54, 1.807) is 5.01 Å². The van der Waals surface area contributed by atoms with Crippen molar-refractivity contribution >= 4 is 17.9 Å². The maximum atomic E-state index is 10.3. The smallest absolute Gasteiger partial charge is 0.279 e. The molecular formula is C5H8N2OS. The molecule has 3 nitrogen and oxygen atoms in total. The van der Waals surface area contributed by atoms with E-state index in [0.29, 0.717) is 0 Å². The fraction of sp³-hybridized carbons (Fsp3) is 0.400. The molecule has 4 heteroatoms. The van der Waals surface area contributed by atoms with Gasteiger partial charge in [0.25, 0.3) is 5.24 Å². The molecule has 0 aromatic carbocycles. The standard InChI is InChI=1S/C5H8N2OS/c8-5(9)6-7-3-1-2-4-7/h1-2H,3-4H2,(H2,6,8,9). The number of nitrogens with zero attached hydrogens (tertiary/aromatic N) is 1. The third kappa shape index (κ3) is 2.07. The number of hydrogen-bond acceptors (Lipinski definition) is 2. The van der Waals surface area contributed by atoms with Crippen LogP contribution < -0.4 is 5.43 Å². The van der Waals surface area contributed by atoms with Crippen LogP contribution in [0.2, 0.25) is 0 Å². The van der Waals surface area contributed by atoms with E-state index in [9.17, 15) is 4.79 Å². The molecule has 50 valence electrons. The van der Waals surface area contributed by atoms with Gasteiger partial charge in [-0.15, -0.1) is 0 Å². The van der Waals surface area contributed by atoms with Crippen molar-refractivity contribution in [2.45, 2.75) is 0 Å². The Morgan fingerprint density at radius 3 is 2.56 bits per heavy atom. The van der Waals surface area contributed by atoms with Crippen LogP contribution in [-0.2, 0) is 0 Å². The molecule has 0 fully saturated rings. The summed E-state index contributed by atoms with van der Waals surface area (Å²) in [5, 5.41) is 1.47. The lowest BCUT2D eigenvalue weighted by Gasteiger charge is -2.13. The molecule has 0 unspecified atom stereocenters. The highest BCUT2D eigenvalue weighted by Gasteiger charge is 2.05. The lowest BCUT2D eigenvalue weighted by Crippen LogP contribution is -2.37. The maximum Gasteiger partial charge on any atom is 0.290 e. The molecule has 1 amide bonds. The van der Waals surface area contributed by atoms with Crippen LogP contribution in [0, 0.1) is 0 Å². The number of thiol groups is 1. The van der Waals surface area contributed by atoms with Crippen LogP contribution >= 0.6 is 12.6 Å². The van der Waals surface area contributed by atoms with Gasteiger partial charge in [-0.05, 0) is 0 Å². The number of carbonyl (C=O) groups excluding carboxylic acids is 1. The first-order chi connectivity index (χ1) is 4.29. The van der Waals surface area contributed by atoms with Crippen LogP contribution in [-0.4, -0.2) is 23.3 Å². The zero-order valence-corrected chi connectivity index (χ0v) is 5.77. The van der Waals surface area contributed by atoms with Gasteiger partial charge in [0.2, 0.25) is 0 Å². The maximum absolute atomic E-state index is 10.3. The van der Waals surface area contributed by atoms with E-state index in [-0.39, 0.29) is 5.24 Å². The Morgan fingerprint density at radius 2 is 2.11 bits per heavy atom. The van der Waals surface area contributed by atoms with Gasteiger partial charge in [0.15, 0.2) is 0 Å². The SMILES string of the molecule is O=C(S)NN1CC=CC1. The van der Waals surface area contributed by atoms with Crippen molar-refractivity contribution in [3.05, 3.63) is 12.2 Å². The molecule has 0 atom stereocenters. The number of nitrogens with one attached hydrogen (secondary N) is 1. The monoisotopic (exact) mass is 144 g/mol. The zero-order valence-electron chi connectivity index (χ0n) is 4.87. The molecule has 1 N–H and O–H groups in total. The molecule has 9 heavy (non-hydrogen) atoms. The number of amides is 1. The minimum atomic E-state index is -0.307. The lowest BCUT2D eigenvalue weighted by atomic mass is 10.6. The van der Waals surface area contributed by atoms with E-state index in [4.69, 9.17) is 0 Å². The molecule has 0 bridgehead atoms. The second-order valence-electron chi connectivity index (χ2n) is 1.79. The predicted octanol–water partition coefficient (Wildman–Crippen LogP) is 0.413. The Bertz CT molecular complexity index is 138. The minimum Gasteiger partial charge on any atom is -0.279 e. The van der Waals surface area contributed by atoms with Gasteiger partial charge in [-0.1, -0.05) is 24.8 Å². The summed E-state index contributed by atoms with van der Waals surface area (Å²) in [5.41, 5.74) is 2.54. The number of hydrogen-bond donors (Lipinski definition) is 2. The van der Waals surface area contributed by atoms with Crippen molar-refractivity contribution in [2.75, 3.05) is 13.1 Å². The molecule has 0 radical (unpaired) electrons. The Hall–Kier alpha value is -0.480. The third-order valence-corrected chi connectivity index (χ3v) is 1.17. The van der Waals surface area contributed by atoms with Gasteiger partial charge in [0, 0.05) is 13.1 Å². The number of hydrazine groups is 1. The van der Waals surface area contributed by atoms with Gasteiger partial charge < -0.3 is 0 Å². The quantitative estimate of drug-likeness (QED) is 0.413. The predicted molar refractivity (Wildman–Crippen MR) is 38.2 cm³/mol. The van der Waals surface area contributed by atoms with Crippen LogP contribution in [0.4, 0.5) is 4.79 Å². The van der Waals surface area contributed by atoms with Gasteiger partial charge in [-0.2, -0.15) is 0 Å². The number of carbonyl (C=O) groups is 1. The van der Waals surface area contributed by atoms with Crippen LogP contribution in [0.15, 0.2) is 12.2 Å². The van der Waals surface area contributed by atoms with Gasteiger partial charge in [0.05, 0.1) is 0 Å². The Balaban J connectivity index is 2.22. The van der Waals surface area contributed by atoms with Crippen molar-refractivity contribution in [3.63, 3.8) is 0 Å². The summed E-state index contributed by atoms with van der Waals surface area (Å²) in [7, 11) is 0. The summed E-state index contributed by atoms with van der Waals surface area (Å²) in [5.74, 6) is 0. The summed E-state index contributed by atoms with van der Waals surface area (Å²) in [4.78, 5) is 10.3. The van der Waals surface area contributed by atoms with E-state index in [1.807, 2.05) is 12.2 Å². The van der Waals surface area contributed by atoms with E-state index in [2.05, 4.69) is 18.1 Å². The van der Waals surface area contributed by atoms with E-state index in [0.717, 1.165) is 13.1 Å². The Kier molecular flexibility index (Phi) is 2.13. The second-order valence-corrected chi connectivity index (χ2v) is 2.20. The highest BCUT2D eigenvalue weighted by atomic mass is 32.1. The summed E-state index contributed by atoms with van der Waals surface area (Å²) in [6.07, 6.45) is 3.98. The van der Waals surface area contributed by atoms with Crippen LogP contribution in [0.1, 0.15) is 0 Å². The van der Waals surface area contributed by atoms with E-state index in [1.165, 1.54) is 0 Å². The van der Waals surface area contributed by atoms with Crippen LogP contribution in [0.25, 0.3) is 0 Å². The molecule has 1 aliphatic rings. The van der Waals surface area contributed by atoms with Gasteiger partial charge >= 0.3 is 0 Å². The van der Waals surface area contributed by atoms with Crippen molar-refractivity contribution in [1.29, 1.82) is 0 Å². The Morgan fingerprint density at radius 1 is 1.56 bits per heavy atom. The highest BCUT2D eigenvalue weighted by Crippen LogP contribution is 1.94. The van der Waals surface area contributed by atoms with Gasteiger partial charge in [0.1, 0.15) is 0 Å². The van der Waals surface area contributed by atoms with Gasteiger partial charge in [-0.25, -0.2) is 5.01 Å². The molecular weight excluding hydrogens is 136 g/mol. The molecule has 0 aromatic heterocycles. The zero-order chi connectivity index (χ0) is 6.69. The number of rotatable bonds is 1. The van der Waals surface area contributed by atoms with Crippen molar-refractivity contribution in [1.82, 2.24) is 10.4 Å². The van der Waals surface area contributed by atoms with E-state index >= 15 is 0 Å². The summed E-state index contributed by atoms with van der Waals surface area (Å²) in [6.45, 7) is 1.57. The summed E-state index contributed by atoms with van der Waals surface area (Å²) >= 11 is 3.55. The normalized spacial score (nSPS) is 18.3. The molecule has 0 aromatic rings. The first kappa shape index (κ1) is 6.64. The van der Waals surface area contributed by atoms with Crippen LogP contribution in [0.5, 0.6) is 0 Å². The molecule has 1 aliphatic heterocycles. The molecule has 0 saturated carbocycles. The van der Waals surface area contributed by atoms with Gasteiger partial charge in [-0.3, -0.25) is 10.2 Å². The largest absolute Gasteiger partial charge is 0.290 e. The average molecular weight is 144 g/mol. The molecule has 0 aliphatic carbocycles. The fourth-order valence-electron chi connectivity index (χ4n) is 0.705. The molecule has 1 heterocycles. The summed E-state index contributed by atoms with van der Waals surface area (Å²) < 4.78 is 0. The third-order valence-electron chi connectivity index (χ3n) is 1.07. The fourth-order valence-corrected chi connectivity index (χ4v) is 0.846. The lowest BCUT2D eigenvalue weighted by molar-refractivity contribution is 0.222. The average Bonchev–Trinajstić information content (AvgIpc) is 2.15. The molecule has 0 saturated heterocycles. The first-order valence-electron chi connectivity index (χ1n) is 2.68. The Labute approximate surface area is 59.1 Å². The van der Waals surface area contributed by atoms with E-state index < -0.39 is 0 Å². The first-order valence-corrected chi connectivity index (χ1v) is 3.13. The molecule has 1 rings (SSSR count). The second kappa shape index (κ2) is 2.89. The highest BCUT2D eigenvalue weighted by molar-refractivity contribution is 7.96. The minimum absolute atomic E-state index is 0.307. The topological polar surface area (TPSA) is 32.3 Å². The van der Waals surface area contributed by atoms with Crippen molar-refractivity contribution in [2.24, 2.45) is 0 Å². The van der Waals surface area contributed by atoms with Crippen LogP contribution in [0.3, 0.4) is 0 Å². The molecule has 0 spiro atoms. The van der Waals surface area contributed by atoms with Crippen molar-refractivity contribution < 1.29 is 4.79 Å². The summed E-state index contributed by atoms with van der Waals surface area (Å²) in [6, 6.07) is 0.